The third kappa shape index (κ3) is 5.43. The molecular weight excluding hydrogens is 447 g/mol. The van der Waals surface area contributed by atoms with Gasteiger partial charge in [-0.25, -0.2) is 0 Å². The molecule has 0 aliphatic heterocycles. The molecule has 34 heavy (non-hydrogen) atoms. The molecule has 0 aliphatic carbocycles. The molecule has 0 saturated carbocycles. The number of hydroxylamine groups is 1. The van der Waals surface area contributed by atoms with Crippen molar-refractivity contribution in [2.45, 2.75) is 37.5 Å². The van der Waals surface area contributed by atoms with Gasteiger partial charge in [0.1, 0.15) is 0 Å². The van der Waals surface area contributed by atoms with E-state index in [0.29, 0.717) is 33.4 Å². The van der Waals surface area contributed by atoms with Gasteiger partial charge in [0.15, 0.2) is 11.0 Å². The summed E-state index contributed by atoms with van der Waals surface area (Å²) in [6.45, 7) is 6.38. The van der Waals surface area contributed by atoms with E-state index in [2.05, 4.69) is 22.4 Å². The summed E-state index contributed by atoms with van der Waals surface area (Å²) in [5, 5.41) is 13.9. The van der Waals surface area contributed by atoms with E-state index in [4.69, 9.17) is 4.84 Å². The number of fused-ring (bicyclic) bond motifs is 1. The molecule has 9 heteroatoms. The summed E-state index contributed by atoms with van der Waals surface area (Å²) >= 11 is 0. The van der Waals surface area contributed by atoms with Gasteiger partial charge in [0.05, 0.1) is 24.9 Å². The second-order valence-corrected chi connectivity index (χ2v) is 8.91. The van der Waals surface area contributed by atoms with Crippen LogP contribution in [0.4, 0.5) is 18.9 Å². The number of hydrogen-bond donors (Lipinski definition) is 4. The third-order valence-corrected chi connectivity index (χ3v) is 5.82. The molecule has 4 N–H and O–H groups in total. The first kappa shape index (κ1) is 25.3. The van der Waals surface area contributed by atoms with Gasteiger partial charge >= 0.3 is 6.18 Å². The van der Waals surface area contributed by atoms with E-state index in [0.717, 1.165) is 0 Å². The molecule has 1 unspecified atom stereocenters. The average Bonchev–Trinajstić information content (AvgIpc) is 2.77. The second-order valence-electron chi connectivity index (χ2n) is 8.91. The quantitative estimate of drug-likeness (QED) is 0.337. The number of nitrogens with one attached hydrogen (secondary N) is 3. The van der Waals surface area contributed by atoms with Gasteiger partial charge in [-0.3, -0.25) is 15.1 Å². The van der Waals surface area contributed by atoms with Crippen LogP contribution in [0.3, 0.4) is 0 Å². The van der Waals surface area contributed by atoms with E-state index in [1.54, 1.807) is 38.1 Å². The fourth-order valence-electron chi connectivity index (χ4n) is 3.94. The number of alkyl halides is 3. The molecule has 2 aromatic carbocycles. The van der Waals surface area contributed by atoms with Crippen LogP contribution in [0.1, 0.15) is 31.4 Å². The van der Waals surface area contributed by atoms with Gasteiger partial charge in [0.2, 0.25) is 0 Å². The van der Waals surface area contributed by atoms with E-state index in [-0.39, 0.29) is 5.43 Å². The molecule has 1 aromatic heterocycles. The molecule has 0 bridgehead atoms. The summed E-state index contributed by atoms with van der Waals surface area (Å²) in [5.74, 6) is 0. The number of rotatable bonds is 9. The first-order chi connectivity index (χ1) is 15.9. The Labute approximate surface area is 195 Å². The number of anilines is 1. The Morgan fingerprint density at radius 2 is 1.88 bits per heavy atom. The number of pyridine rings is 1. The summed E-state index contributed by atoms with van der Waals surface area (Å²) < 4.78 is 42.3. The van der Waals surface area contributed by atoms with Gasteiger partial charge in [0, 0.05) is 23.3 Å². The summed E-state index contributed by atoms with van der Waals surface area (Å²) in [6, 6.07) is 12.9. The van der Waals surface area contributed by atoms with Crippen molar-refractivity contribution in [2.24, 2.45) is 0 Å². The lowest BCUT2D eigenvalue weighted by Crippen LogP contribution is -2.53. The van der Waals surface area contributed by atoms with Crippen LogP contribution in [0, 0.1) is 0 Å². The monoisotopic (exact) mass is 475 g/mol. The highest BCUT2D eigenvalue weighted by Crippen LogP contribution is 2.41. The smallest absolute Gasteiger partial charge is 0.382 e. The zero-order chi connectivity index (χ0) is 25.1. The van der Waals surface area contributed by atoms with Gasteiger partial charge in [-0.2, -0.15) is 13.2 Å². The maximum atomic E-state index is 14.1. The van der Waals surface area contributed by atoms with Crippen molar-refractivity contribution < 1.29 is 23.1 Å². The first-order valence-corrected chi connectivity index (χ1v) is 10.6. The topological polar surface area (TPSA) is 86.4 Å². The van der Waals surface area contributed by atoms with Crippen LogP contribution in [0.15, 0.2) is 66.1 Å². The zero-order valence-electron chi connectivity index (χ0n) is 19.2. The van der Waals surface area contributed by atoms with E-state index >= 15 is 0 Å². The molecule has 1 atom stereocenters. The molecule has 0 radical (unpaired) electrons. The van der Waals surface area contributed by atoms with Crippen molar-refractivity contribution in [2.75, 3.05) is 19.0 Å². The van der Waals surface area contributed by atoms with Crippen LogP contribution in [0.2, 0.25) is 0 Å². The number of halogens is 3. The summed E-state index contributed by atoms with van der Waals surface area (Å²) in [5.41, 5.74) is 0.911. The number of aliphatic hydroxyl groups is 1. The van der Waals surface area contributed by atoms with Crippen molar-refractivity contribution in [1.82, 2.24) is 10.5 Å². The molecule has 0 amide bonds. The first-order valence-electron chi connectivity index (χ1n) is 10.6. The Morgan fingerprint density at radius 1 is 1.15 bits per heavy atom. The van der Waals surface area contributed by atoms with Gasteiger partial charge in [0.25, 0.3) is 0 Å². The highest BCUT2D eigenvalue weighted by Gasteiger charge is 2.55. The largest absolute Gasteiger partial charge is 0.418 e. The molecule has 3 aromatic rings. The van der Waals surface area contributed by atoms with E-state index in [1.165, 1.54) is 37.6 Å². The molecule has 182 valence electrons. The SMILES string of the molecule is C=C(NOC)c1cccc(C(C)(C)CC(O)(CNc2ccc3c(=O)cc[nH]c3c2)C(F)(F)F)c1. The summed E-state index contributed by atoms with van der Waals surface area (Å²) in [4.78, 5) is 19.6. The summed E-state index contributed by atoms with van der Waals surface area (Å²) in [7, 11) is 1.43. The fraction of sp³-hybridized carbons (Fsp3) is 0.320. The van der Waals surface area contributed by atoms with Gasteiger partial charge in [-0.1, -0.05) is 38.6 Å². The van der Waals surface area contributed by atoms with E-state index < -0.39 is 30.2 Å². The van der Waals surface area contributed by atoms with Crippen molar-refractivity contribution in [3.63, 3.8) is 0 Å². The minimum atomic E-state index is -4.89. The molecule has 3 rings (SSSR count). The molecule has 0 fully saturated rings. The van der Waals surface area contributed by atoms with Crippen molar-refractivity contribution >= 4 is 22.3 Å². The predicted octanol–water partition coefficient (Wildman–Crippen LogP) is 4.72. The summed E-state index contributed by atoms with van der Waals surface area (Å²) in [6.07, 6.45) is -4.01. The predicted molar refractivity (Wildman–Crippen MR) is 127 cm³/mol. The number of H-pyrrole nitrogens is 1. The molecule has 1 heterocycles. The lowest BCUT2D eigenvalue weighted by Gasteiger charge is -2.38. The number of benzene rings is 2. The second kappa shape index (κ2) is 9.52. The van der Waals surface area contributed by atoms with Crippen LogP contribution in [-0.4, -0.2) is 35.5 Å². The lowest BCUT2D eigenvalue weighted by molar-refractivity contribution is -0.260. The lowest BCUT2D eigenvalue weighted by atomic mass is 9.74. The minimum Gasteiger partial charge on any atom is -0.382 e. The zero-order valence-corrected chi connectivity index (χ0v) is 19.2. The highest BCUT2D eigenvalue weighted by molar-refractivity contribution is 5.81. The van der Waals surface area contributed by atoms with Crippen LogP contribution in [0.25, 0.3) is 16.6 Å². The molecule has 6 nitrogen and oxygen atoms in total. The number of aromatic nitrogens is 1. The molecular formula is C25H28F3N3O3. The molecule has 0 aliphatic rings. The molecule has 0 spiro atoms. The van der Waals surface area contributed by atoms with Crippen molar-refractivity contribution in [1.29, 1.82) is 0 Å². The van der Waals surface area contributed by atoms with Crippen LogP contribution in [0.5, 0.6) is 0 Å². The third-order valence-electron chi connectivity index (χ3n) is 5.82. The highest BCUT2D eigenvalue weighted by atomic mass is 19.4. The van der Waals surface area contributed by atoms with Gasteiger partial charge in [-0.15, -0.1) is 0 Å². The Bertz CT molecular complexity index is 1240. The maximum Gasteiger partial charge on any atom is 0.418 e. The van der Waals surface area contributed by atoms with Crippen LogP contribution >= 0.6 is 0 Å². The van der Waals surface area contributed by atoms with E-state index in [1.807, 2.05) is 0 Å². The van der Waals surface area contributed by atoms with Crippen molar-refractivity contribution in [3.8, 4) is 0 Å². The number of hydrogen-bond acceptors (Lipinski definition) is 5. The van der Waals surface area contributed by atoms with Gasteiger partial charge < -0.3 is 15.4 Å². The Morgan fingerprint density at radius 3 is 2.56 bits per heavy atom. The van der Waals surface area contributed by atoms with Crippen LogP contribution in [-0.2, 0) is 10.3 Å². The Balaban J connectivity index is 1.85. The minimum absolute atomic E-state index is 0.195. The molecule has 0 saturated heterocycles. The Hall–Kier alpha value is -3.30. The van der Waals surface area contributed by atoms with E-state index in [9.17, 15) is 23.1 Å². The normalized spacial score (nSPS) is 14.0. The standard InChI is InChI=1S/C25H28F3N3O3/c1-16(31-34-4)17-6-5-7-18(12-17)23(2,3)14-24(33,25(26,27)28)15-30-19-8-9-20-21(13-19)29-11-10-22(20)32/h5-13,30-31,33H,1,14-15H2,2-4H3,(H,29,32). The van der Waals surface area contributed by atoms with Crippen LogP contribution < -0.4 is 16.2 Å². The van der Waals surface area contributed by atoms with Gasteiger partial charge in [-0.05, 0) is 47.2 Å². The maximum absolute atomic E-state index is 14.1. The fourth-order valence-corrected chi connectivity index (χ4v) is 3.94. The number of aromatic amines is 1. The average molecular weight is 476 g/mol. The Kier molecular flexibility index (Phi) is 7.09. The van der Waals surface area contributed by atoms with Crippen molar-refractivity contribution in [3.05, 3.63) is 82.7 Å².